The number of hydrogen-bond donors (Lipinski definition) is 2. The molecule has 10 nitrogen and oxygen atoms in total. The molecular formula is C36H28F6N6O4S6. The lowest BCUT2D eigenvalue weighted by Crippen LogP contribution is -2.31. The molecule has 2 aromatic carbocycles. The first-order chi connectivity index (χ1) is 27.4. The van der Waals surface area contributed by atoms with Gasteiger partial charge in [0.25, 0.3) is 11.8 Å². The molecule has 6 rings (SSSR count). The van der Waals surface area contributed by atoms with Crippen molar-refractivity contribution in [1.82, 2.24) is 19.8 Å². The van der Waals surface area contributed by atoms with E-state index in [9.17, 15) is 45.5 Å². The Morgan fingerprint density at radius 2 is 1.05 bits per heavy atom. The van der Waals surface area contributed by atoms with Crippen molar-refractivity contribution >= 4 is 113 Å². The number of aromatic nitrogens is 2. The molecule has 0 spiro atoms. The zero-order chi connectivity index (χ0) is 41.8. The van der Waals surface area contributed by atoms with Gasteiger partial charge in [-0.3, -0.25) is 29.0 Å². The van der Waals surface area contributed by atoms with Crippen molar-refractivity contribution < 1.29 is 45.5 Å². The van der Waals surface area contributed by atoms with Crippen LogP contribution >= 0.6 is 70.6 Å². The summed E-state index contributed by atoms with van der Waals surface area (Å²) in [6, 6.07) is 9.96. The van der Waals surface area contributed by atoms with E-state index in [1.165, 1.54) is 34.3 Å². The Morgan fingerprint density at radius 1 is 0.655 bits per heavy atom. The lowest BCUT2D eigenvalue weighted by Gasteiger charge is -2.14. The van der Waals surface area contributed by atoms with Crippen molar-refractivity contribution in [2.45, 2.75) is 50.9 Å². The summed E-state index contributed by atoms with van der Waals surface area (Å²) in [5, 5.41) is 5.89. The Morgan fingerprint density at radius 3 is 1.43 bits per heavy atom. The van der Waals surface area contributed by atoms with Gasteiger partial charge in [-0.25, -0.2) is 9.97 Å². The summed E-state index contributed by atoms with van der Waals surface area (Å²) in [6.45, 7) is 0.197. The average molecular weight is 915 g/mol. The SMILES string of the molecule is O=C(CCCN1C(=O)/C(=C2\SC(=S)N(CCCC(=O)Nc3ncc(Cc4cccc(C(F)(F)F)c4)s3)C2=O)SC1=S)Nc1ncc(Cc2cccc(C(F)(F)F)c2)s1. The van der Waals surface area contributed by atoms with Crippen molar-refractivity contribution in [1.29, 1.82) is 0 Å². The van der Waals surface area contributed by atoms with E-state index in [-0.39, 0.29) is 92.1 Å². The first-order valence-corrected chi connectivity index (χ1v) is 21.2. The second kappa shape index (κ2) is 18.4. The second-order valence-electron chi connectivity index (χ2n) is 12.6. The summed E-state index contributed by atoms with van der Waals surface area (Å²) in [7, 11) is 0. The smallest absolute Gasteiger partial charge is 0.302 e. The highest BCUT2D eigenvalue weighted by atomic mass is 32.2. The minimum absolute atomic E-state index is 0.00809. The van der Waals surface area contributed by atoms with Crippen LogP contribution in [0.15, 0.2) is 70.7 Å². The summed E-state index contributed by atoms with van der Waals surface area (Å²) in [6.07, 6.45) is -5.05. The van der Waals surface area contributed by atoms with Crippen LogP contribution in [-0.2, 0) is 44.4 Å². The number of benzene rings is 2. The zero-order valence-electron chi connectivity index (χ0n) is 29.6. The predicted octanol–water partition coefficient (Wildman–Crippen LogP) is 8.89. The van der Waals surface area contributed by atoms with Crippen LogP contribution in [0.4, 0.5) is 36.6 Å². The van der Waals surface area contributed by atoms with Gasteiger partial charge in [-0.15, -0.1) is 22.7 Å². The van der Waals surface area contributed by atoms with Crippen LogP contribution in [0.5, 0.6) is 0 Å². The van der Waals surface area contributed by atoms with Crippen LogP contribution in [0.3, 0.4) is 0 Å². The molecule has 4 aromatic rings. The third kappa shape index (κ3) is 11.1. The van der Waals surface area contributed by atoms with Gasteiger partial charge >= 0.3 is 12.4 Å². The fourth-order valence-corrected chi connectivity index (χ4v) is 10.1. The van der Waals surface area contributed by atoms with Gasteiger partial charge in [-0.1, -0.05) is 84.4 Å². The number of nitrogens with one attached hydrogen (secondary N) is 2. The van der Waals surface area contributed by atoms with Gasteiger partial charge in [0.05, 0.1) is 20.9 Å². The van der Waals surface area contributed by atoms with Crippen LogP contribution in [0.2, 0.25) is 0 Å². The van der Waals surface area contributed by atoms with E-state index >= 15 is 0 Å². The van der Waals surface area contributed by atoms with E-state index < -0.39 is 35.3 Å². The third-order valence-electron chi connectivity index (χ3n) is 8.34. The van der Waals surface area contributed by atoms with Gasteiger partial charge in [0.2, 0.25) is 11.8 Å². The average Bonchev–Trinajstić information content (AvgIpc) is 3.92. The van der Waals surface area contributed by atoms with Gasteiger partial charge in [0, 0.05) is 60.9 Å². The summed E-state index contributed by atoms with van der Waals surface area (Å²) < 4.78 is 78.8. The van der Waals surface area contributed by atoms with E-state index in [1.807, 2.05) is 0 Å². The Balaban J connectivity index is 0.935. The largest absolute Gasteiger partial charge is 0.416 e. The fourth-order valence-electron chi connectivity index (χ4n) is 5.63. The maximum Gasteiger partial charge on any atom is 0.416 e. The van der Waals surface area contributed by atoms with Gasteiger partial charge in [0.15, 0.2) is 10.3 Å². The quantitative estimate of drug-likeness (QED) is 0.0721. The summed E-state index contributed by atoms with van der Waals surface area (Å²) in [5.41, 5.74) is -0.598. The highest BCUT2D eigenvalue weighted by Crippen LogP contribution is 2.42. The minimum Gasteiger partial charge on any atom is -0.302 e. The maximum absolute atomic E-state index is 13.4. The lowest BCUT2D eigenvalue weighted by molar-refractivity contribution is -0.138. The van der Waals surface area contributed by atoms with Crippen molar-refractivity contribution in [3.63, 3.8) is 0 Å². The molecule has 4 amide bonds. The molecule has 2 aromatic heterocycles. The Bertz CT molecular complexity index is 2150. The number of alkyl halides is 6. The standard InChI is InChI=1S/C36H28F6N6O4S6/c37-35(38,39)21-7-1-5-19(13-21)15-23-17-43-31(55-23)45-25(49)9-3-11-47-29(51)27(57-33(47)53)28-30(52)48(34(54)58-28)12-4-10-26(50)46-32-44-18-24(56-32)16-20-6-2-8-22(14-20)36(40,41)42/h1-2,5-8,13-14,17-18H,3-4,9-12,15-16H2,(H,43,45,49)(H,44,46,50)/b28-27+. The molecule has 0 radical (unpaired) electrons. The van der Waals surface area contributed by atoms with E-state index in [2.05, 4.69) is 20.6 Å². The van der Waals surface area contributed by atoms with Gasteiger partial charge in [-0.2, -0.15) is 26.3 Å². The summed E-state index contributed by atoms with van der Waals surface area (Å²) in [5.74, 6) is -1.76. The molecule has 4 heterocycles. The van der Waals surface area contributed by atoms with Crippen molar-refractivity contribution in [3.05, 3.63) is 103 Å². The molecule has 2 fully saturated rings. The second-order valence-corrected chi connectivity index (χ2v) is 18.1. The van der Waals surface area contributed by atoms with Gasteiger partial charge in [-0.05, 0) is 36.1 Å². The number of thioether (sulfide) groups is 2. The molecule has 58 heavy (non-hydrogen) atoms. The minimum atomic E-state index is -4.46. The van der Waals surface area contributed by atoms with Crippen LogP contribution < -0.4 is 10.6 Å². The highest BCUT2D eigenvalue weighted by Gasteiger charge is 2.42. The molecule has 2 N–H and O–H groups in total. The molecule has 2 aliphatic rings. The summed E-state index contributed by atoms with van der Waals surface area (Å²) in [4.78, 5) is 64.4. The molecule has 304 valence electrons. The lowest BCUT2D eigenvalue weighted by atomic mass is 10.1. The molecule has 0 bridgehead atoms. The monoisotopic (exact) mass is 914 g/mol. The Labute approximate surface area is 353 Å². The number of halogens is 6. The number of hydrogen-bond acceptors (Lipinski definition) is 12. The van der Waals surface area contributed by atoms with Crippen LogP contribution in [-0.4, -0.2) is 65.1 Å². The Hall–Kier alpha value is -4.22. The van der Waals surface area contributed by atoms with Crippen molar-refractivity contribution in [2.75, 3.05) is 23.7 Å². The van der Waals surface area contributed by atoms with Gasteiger partial charge < -0.3 is 10.6 Å². The normalized spacial score (nSPS) is 16.2. The Kier molecular flexibility index (Phi) is 13.7. The molecule has 22 heteroatoms. The van der Waals surface area contributed by atoms with Crippen molar-refractivity contribution in [2.24, 2.45) is 0 Å². The maximum atomic E-state index is 13.4. The summed E-state index contributed by atoms with van der Waals surface area (Å²) >= 11 is 15.0. The number of thiazole rings is 2. The fraction of sp³-hybridized carbons (Fsp3) is 0.278. The number of nitrogens with zero attached hydrogens (tertiary/aromatic N) is 4. The number of anilines is 2. The first-order valence-electron chi connectivity index (χ1n) is 17.1. The van der Waals surface area contributed by atoms with E-state index in [0.717, 1.165) is 70.5 Å². The topological polar surface area (TPSA) is 125 Å². The van der Waals surface area contributed by atoms with Crippen LogP contribution in [0.25, 0.3) is 0 Å². The van der Waals surface area contributed by atoms with E-state index in [0.29, 0.717) is 20.9 Å². The van der Waals surface area contributed by atoms with E-state index in [4.69, 9.17) is 24.4 Å². The highest BCUT2D eigenvalue weighted by molar-refractivity contribution is 8.29. The number of amides is 4. The van der Waals surface area contributed by atoms with Crippen LogP contribution in [0, 0.1) is 0 Å². The zero-order valence-corrected chi connectivity index (χ0v) is 34.5. The number of carbonyl (C=O) groups excluding carboxylic acids is 4. The first kappa shape index (κ1) is 43.4. The van der Waals surface area contributed by atoms with Crippen LogP contribution in [0.1, 0.15) is 57.7 Å². The predicted molar refractivity (Wildman–Crippen MR) is 219 cm³/mol. The van der Waals surface area contributed by atoms with Crippen molar-refractivity contribution in [3.8, 4) is 0 Å². The molecule has 0 aliphatic carbocycles. The van der Waals surface area contributed by atoms with Gasteiger partial charge in [0.1, 0.15) is 8.64 Å². The molecule has 2 aliphatic heterocycles. The molecular weight excluding hydrogens is 887 g/mol. The molecule has 2 saturated heterocycles. The number of carbonyl (C=O) groups is 4. The molecule has 0 unspecified atom stereocenters. The van der Waals surface area contributed by atoms with E-state index in [1.54, 1.807) is 12.1 Å². The third-order valence-corrected chi connectivity index (χ3v) is 13.2. The number of thiocarbonyl (C=S) groups is 2. The number of rotatable bonds is 14. The molecule has 0 atom stereocenters. The molecule has 0 saturated carbocycles.